The second-order valence-corrected chi connectivity index (χ2v) is 4.43. The Bertz CT molecular complexity index is 475. The van der Waals surface area contributed by atoms with Crippen molar-refractivity contribution in [3.8, 4) is 5.75 Å². The third-order valence-electron chi connectivity index (χ3n) is 2.13. The molecular weight excluding hydrogens is 313 g/mol. The van der Waals surface area contributed by atoms with Gasteiger partial charge in [-0.3, -0.25) is 4.99 Å². The minimum atomic E-state index is 0.199. The first-order chi connectivity index (χ1) is 7.77. The summed E-state index contributed by atoms with van der Waals surface area (Å²) in [6.45, 7) is 0. The monoisotopic (exact) mass is 323 g/mol. The van der Waals surface area contributed by atoms with Gasteiger partial charge in [-0.05, 0) is 40.8 Å². The number of hydrogen-bond donors (Lipinski definition) is 1. The fraction of sp³-hybridized carbons (Fsp3) is 0. The molecule has 16 heavy (non-hydrogen) atoms. The Kier molecular flexibility index (Phi) is 3.56. The number of phenols is 1. The summed E-state index contributed by atoms with van der Waals surface area (Å²) in [5, 5.41) is 9.54. The van der Waals surface area contributed by atoms with Crippen LogP contribution in [0, 0.1) is 3.57 Å². The van der Waals surface area contributed by atoms with Crippen molar-refractivity contribution in [2.45, 2.75) is 0 Å². The third kappa shape index (κ3) is 2.61. The van der Waals surface area contributed by atoms with Crippen molar-refractivity contribution in [1.29, 1.82) is 0 Å². The normalized spacial score (nSPS) is 10.8. The average molecular weight is 323 g/mol. The van der Waals surface area contributed by atoms with E-state index in [2.05, 4.69) is 27.6 Å². The largest absolute Gasteiger partial charge is 0.506 e. The van der Waals surface area contributed by atoms with Gasteiger partial charge in [-0.25, -0.2) is 0 Å². The summed E-state index contributed by atoms with van der Waals surface area (Å²) in [6, 6.07) is 15.0. The first-order valence-electron chi connectivity index (χ1n) is 4.84. The lowest BCUT2D eigenvalue weighted by Gasteiger charge is -1.98. The molecule has 3 heteroatoms. The predicted molar refractivity (Wildman–Crippen MR) is 74.5 cm³/mol. The van der Waals surface area contributed by atoms with E-state index in [-0.39, 0.29) is 5.75 Å². The lowest BCUT2D eigenvalue weighted by molar-refractivity contribution is 0.477. The standard InChI is InChI=1S/C13H10INO/c14-11-6-2-1-5-10(11)9-15-12-7-3-4-8-13(12)16/h1-9,16H. The van der Waals surface area contributed by atoms with E-state index in [1.165, 1.54) is 0 Å². The molecule has 2 nitrogen and oxygen atoms in total. The summed E-state index contributed by atoms with van der Waals surface area (Å²) in [4.78, 5) is 4.26. The molecule has 0 fully saturated rings. The Labute approximate surface area is 108 Å². The summed E-state index contributed by atoms with van der Waals surface area (Å²) in [6.07, 6.45) is 1.76. The van der Waals surface area contributed by atoms with Crippen molar-refractivity contribution < 1.29 is 5.11 Å². The fourth-order valence-corrected chi connectivity index (χ4v) is 1.82. The molecule has 1 N–H and O–H groups in total. The summed E-state index contributed by atoms with van der Waals surface area (Å²) in [5.41, 5.74) is 1.63. The average Bonchev–Trinajstić information content (AvgIpc) is 2.30. The van der Waals surface area contributed by atoms with E-state index in [1.807, 2.05) is 30.3 Å². The molecule has 0 aliphatic heterocycles. The molecule has 0 saturated carbocycles. The molecule has 0 radical (unpaired) electrons. The van der Waals surface area contributed by atoms with E-state index in [0.29, 0.717) is 5.69 Å². The van der Waals surface area contributed by atoms with Crippen LogP contribution in [0.3, 0.4) is 0 Å². The summed E-state index contributed by atoms with van der Waals surface area (Å²) in [7, 11) is 0. The number of nitrogens with zero attached hydrogens (tertiary/aromatic N) is 1. The number of hydrogen-bond acceptors (Lipinski definition) is 2. The van der Waals surface area contributed by atoms with Crippen molar-refractivity contribution in [1.82, 2.24) is 0 Å². The van der Waals surface area contributed by atoms with Crippen molar-refractivity contribution in [3.05, 3.63) is 57.7 Å². The van der Waals surface area contributed by atoms with Crippen LogP contribution in [0.25, 0.3) is 0 Å². The number of para-hydroxylation sites is 2. The maximum absolute atomic E-state index is 9.54. The molecule has 0 aliphatic carbocycles. The van der Waals surface area contributed by atoms with Crippen molar-refractivity contribution in [3.63, 3.8) is 0 Å². The number of phenolic OH excluding ortho intramolecular Hbond substituents is 1. The quantitative estimate of drug-likeness (QED) is 0.663. The number of halogens is 1. The Morgan fingerprint density at radius 3 is 2.44 bits per heavy atom. The molecule has 0 aromatic heterocycles. The van der Waals surface area contributed by atoms with Crippen LogP contribution in [0.4, 0.5) is 5.69 Å². The van der Waals surface area contributed by atoms with Gasteiger partial charge in [0.1, 0.15) is 11.4 Å². The van der Waals surface area contributed by atoms with Gasteiger partial charge in [0.25, 0.3) is 0 Å². The lowest BCUT2D eigenvalue weighted by Crippen LogP contribution is -1.84. The highest BCUT2D eigenvalue weighted by Crippen LogP contribution is 2.24. The van der Waals surface area contributed by atoms with E-state index in [1.54, 1.807) is 24.4 Å². The highest BCUT2D eigenvalue weighted by molar-refractivity contribution is 14.1. The second-order valence-electron chi connectivity index (χ2n) is 3.27. The van der Waals surface area contributed by atoms with Gasteiger partial charge in [0.15, 0.2) is 0 Å². The van der Waals surface area contributed by atoms with Crippen LogP contribution in [-0.4, -0.2) is 11.3 Å². The first-order valence-corrected chi connectivity index (χ1v) is 5.92. The first kappa shape index (κ1) is 11.1. The SMILES string of the molecule is Oc1ccccc1N=Cc1ccccc1I. The van der Waals surface area contributed by atoms with E-state index < -0.39 is 0 Å². The van der Waals surface area contributed by atoms with Gasteiger partial charge in [-0.2, -0.15) is 0 Å². The number of rotatable bonds is 2. The molecule has 0 amide bonds. The van der Waals surface area contributed by atoms with E-state index >= 15 is 0 Å². The summed E-state index contributed by atoms with van der Waals surface area (Å²) < 4.78 is 1.14. The van der Waals surface area contributed by atoms with Crippen LogP contribution in [0.1, 0.15) is 5.56 Å². The minimum absolute atomic E-state index is 0.199. The number of benzene rings is 2. The highest BCUT2D eigenvalue weighted by Gasteiger charge is 1.97. The Morgan fingerprint density at radius 1 is 1.00 bits per heavy atom. The number of aliphatic imine (C=N–C) groups is 1. The molecule has 0 aliphatic rings. The molecule has 2 rings (SSSR count). The number of aromatic hydroxyl groups is 1. The van der Waals surface area contributed by atoms with Crippen LogP contribution in [-0.2, 0) is 0 Å². The van der Waals surface area contributed by atoms with Gasteiger partial charge in [0.05, 0.1) is 0 Å². The zero-order valence-corrected chi connectivity index (χ0v) is 10.6. The van der Waals surface area contributed by atoms with Crippen molar-refractivity contribution >= 4 is 34.5 Å². The molecule has 0 spiro atoms. The maximum Gasteiger partial charge on any atom is 0.141 e. The molecule has 0 unspecified atom stereocenters. The van der Waals surface area contributed by atoms with E-state index in [9.17, 15) is 5.11 Å². The van der Waals surface area contributed by atoms with Gasteiger partial charge >= 0.3 is 0 Å². The van der Waals surface area contributed by atoms with Crippen molar-refractivity contribution in [2.24, 2.45) is 4.99 Å². The van der Waals surface area contributed by atoms with Crippen LogP contribution in [0.2, 0.25) is 0 Å². The Balaban J connectivity index is 2.29. The van der Waals surface area contributed by atoms with Crippen LogP contribution in [0.5, 0.6) is 5.75 Å². The Morgan fingerprint density at radius 2 is 1.69 bits per heavy atom. The van der Waals surface area contributed by atoms with Crippen LogP contribution < -0.4 is 0 Å². The fourth-order valence-electron chi connectivity index (χ4n) is 1.29. The van der Waals surface area contributed by atoms with Gasteiger partial charge in [-0.15, -0.1) is 0 Å². The molecule has 0 saturated heterocycles. The maximum atomic E-state index is 9.54. The molecule has 80 valence electrons. The molecule has 0 atom stereocenters. The molecule has 0 heterocycles. The zero-order chi connectivity index (χ0) is 11.4. The Hall–Kier alpha value is -1.36. The highest BCUT2D eigenvalue weighted by atomic mass is 127. The predicted octanol–water partition coefficient (Wildman–Crippen LogP) is 3.75. The third-order valence-corrected chi connectivity index (χ3v) is 3.11. The summed E-state index contributed by atoms with van der Waals surface area (Å²) >= 11 is 2.26. The second kappa shape index (κ2) is 5.12. The molecular formula is C13H10INO. The minimum Gasteiger partial charge on any atom is -0.506 e. The molecule has 0 bridgehead atoms. The summed E-state index contributed by atoms with van der Waals surface area (Å²) in [5.74, 6) is 0.199. The van der Waals surface area contributed by atoms with E-state index in [4.69, 9.17) is 0 Å². The van der Waals surface area contributed by atoms with Crippen LogP contribution >= 0.6 is 22.6 Å². The topological polar surface area (TPSA) is 32.6 Å². The van der Waals surface area contributed by atoms with Gasteiger partial charge in [0.2, 0.25) is 0 Å². The molecule has 2 aromatic carbocycles. The lowest BCUT2D eigenvalue weighted by atomic mass is 10.2. The van der Waals surface area contributed by atoms with Crippen LogP contribution in [0.15, 0.2) is 53.5 Å². The zero-order valence-electron chi connectivity index (χ0n) is 8.47. The van der Waals surface area contributed by atoms with E-state index in [0.717, 1.165) is 9.13 Å². The molecule has 2 aromatic rings. The van der Waals surface area contributed by atoms with Crippen molar-refractivity contribution in [2.75, 3.05) is 0 Å². The smallest absolute Gasteiger partial charge is 0.141 e. The van der Waals surface area contributed by atoms with Gasteiger partial charge in [-0.1, -0.05) is 30.3 Å². The van der Waals surface area contributed by atoms with Gasteiger partial charge < -0.3 is 5.11 Å². The van der Waals surface area contributed by atoms with Gasteiger partial charge in [0, 0.05) is 15.3 Å².